The molecule has 2 heterocycles. The summed E-state index contributed by atoms with van der Waals surface area (Å²) in [6.07, 6.45) is 3.88. The van der Waals surface area contributed by atoms with Crippen LogP contribution in [-0.2, 0) is 0 Å². The van der Waals surface area contributed by atoms with Gasteiger partial charge in [-0.05, 0) is 18.2 Å². The monoisotopic (exact) mass is 329 g/mol. The van der Waals surface area contributed by atoms with Crippen molar-refractivity contribution in [1.29, 1.82) is 0 Å². The van der Waals surface area contributed by atoms with Crippen LogP contribution in [-0.4, -0.2) is 54.2 Å². The molecule has 1 aliphatic rings. The molecule has 1 aromatic heterocycles. The molecule has 0 saturated carbocycles. The summed E-state index contributed by atoms with van der Waals surface area (Å²) in [4.78, 5) is 22.6. The van der Waals surface area contributed by atoms with Crippen LogP contribution in [0.15, 0.2) is 36.7 Å². The van der Waals surface area contributed by atoms with Gasteiger partial charge in [-0.2, -0.15) is 0 Å². The Labute approximate surface area is 140 Å². The number of hydrogen-bond acceptors (Lipinski definition) is 6. The molecule has 1 fully saturated rings. The molecule has 0 aliphatic carbocycles. The molecule has 7 nitrogen and oxygen atoms in total. The fraction of sp³-hybridized carbons (Fsp3) is 0.353. The maximum atomic E-state index is 12.7. The van der Waals surface area contributed by atoms with E-state index < -0.39 is 0 Å². The fourth-order valence-corrected chi connectivity index (χ4v) is 2.65. The first-order valence-electron chi connectivity index (χ1n) is 7.66. The minimum atomic E-state index is -0.111. The Hall–Kier alpha value is -2.83. The highest BCUT2D eigenvalue weighted by Gasteiger charge is 2.30. The van der Waals surface area contributed by atoms with E-state index in [2.05, 4.69) is 9.97 Å². The van der Waals surface area contributed by atoms with Gasteiger partial charge in [0.2, 0.25) is 0 Å². The van der Waals surface area contributed by atoms with Crippen LogP contribution < -0.4 is 14.2 Å². The zero-order valence-electron chi connectivity index (χ0n) is 13.6. The number of aromatic nitrogens is 2. The lowest BCUT2D eigenvalue weighted by Gasteiger charge is -2.18. The zero-order chi connectivity index (χ0) is 16.9. The quantitative estimate of drug-likeness (QED) is 0.832. The Kier molecular flexibility index (Phi) is 4.79. The minimum Gasteiger partial charge on any atom is -0.497 e. The summed E-state index contributed by atoms with van der Waals surface area (Å²) in [5.41, 5.74) is 0.509. The smallest absolute Gasteiger partial charge is 0.316 e. The molecule has 3 rings (SSSR count). The van der Waals surface area contributed by atoms with Crippen LogP contribution in [0.5, 0.6) is 17.5 Å². The fourth-order valence-electron chi connectivity index (χ4n) is 2.65. The average molecular weight is 329 g/mol. The van der Waals surface area contributed by atoms with Crippen LogP contribution in [0, 0.1) is 0 Å². The summed E-state index contributed by atoms with van der Waals surface area (Å²) >= 11 is 0. The van der Waals surface area contributed by atoms with Crippen molar-refractivity contribution in [2.45, 2.75) is 12.5 Å². The van der Waals surface area contributed by atoms with Gasteiger partial charge < -0.3 is 19.1 Å². The lowest BCUT2D eigenvalue weighted by molar-refractivity contribution is 0.0766. The van der Waals surface area contributed by atoms with Crippen LogP contribution in [0.1, 0.15) is 16.8 Å². The number of amides is 1. The maximum Gasteiger partial charge on any atom is 0.316 e. The Morgan fingerprint density at radius 1 is 1.21 bits per heavy atom. The highest BCUT2D eigenvalue weighted by molar-refractivity contribution is 5.97. The molecule has 24 heavy (non-hydrogen) atoms. The van der Waals surface area contributed by atoms with Crippen LogP contribution in [0.25, 0.3) is 0 Å². The van der Waals surface area contributed by atoms with E-state index in [0.29, 0.717) is 36.2 Å². The van der Waals surface area contributed by atoms with Crippen molar-refractivity contribution in [3.8, 4) is 17.5 Å². The van der Waals surface area contributed by atoms with E-state index in [4.69, 9.17) is 14.2 Å². The van der Waals surface area contributed by atoms with Gasteiger partial charge in [0.15, 0.2) is 0 Å². The molecule has 2 aromatic rings. The van der Waals surface area contributed by atoms with Gasteiger partial charge in [0.1, 0.15) is 17.6 Å². The highest BCUT2D eigenvalue weighted by atomic mass is 16.5. The summed E-state index contributed by atoms with van der Waals surface area (Å²) in [5.74, 6) is 1.05. The molecular weight excluding hydrogens is 310 g/mol. The molecule has 0 N–H and O–H groups in total. The third kappa shape index (κ3) is 3.40. The van der Waals surface area contributed by atoms with E-state index in [9.17, 15) is 4.79 Å². The van der Waals surface area contributed by atoms with E-state index in [0.717, 1.165) is 6.42 Å². The Morgan fingerprint density at radius 2 is 2.00 bits per heavy atom. The predicted octanol–water partition coefficient (Wildman–Crippen LogP) is 1.79. The molecule has 7 heteroatoms. The van der Waals surface area contributed by atoms with Gasteiger partial charge in [-0.3, -0.25) is 4.79 Å². The molecule has 1 aliphatic heterocycles. The molecule has 0 unspecified atom stereocenters. The minimum absolute atomic E-state index is 0.0883. The molecule has 1 aromatic carbocycles. The molecular formula is C17H19N3O4. The van der Waals surface area contributed by atoms with Crippen molar-refractivity contribution < 1.29 is 19.0 Å². The molecule has 0 radical (unpaired) electrons. The van der Waals surface area contributed by atoms with Crippen LogP contribution >= 0.6 is 0 Å². The average Bonchev–Trinajstić information content (AvgIpc) is 3.09. The van der Waals surface area contributed by atoms with Crippen LogP contribution in [0.4, 0.5) is 0 Å². The van der Waals surface area contributed by atoms with Gasteiger partial charge in [0.05, 0.1) is 26.3 Å². The summed E-state index contributed by atoms with van der Waals surface area (Å²) in [6.45, 7) is 1.11. The number of benzene rings is 1. The van der Waals surface area contributed by atoms with Gasteiger partial charge in [0, 0.05) is 31.4 Å². The predicted molar refractivity (Wildman–Crippen MR) is 86.5 cm³/mol. The second-order valence-corrected chi connectivity index (χ2v) is 5.38. The van der Waals surface area contributed by atoms with Crippen LogP contribution in [0.2, 0.25) is 0 Å². The van der Waals surface area contributed by atoms with Gasteiger partial charge in [-0.15, -0.1) is 0 Å². The lowest BCUT2D eigenvalue weighted by atomic mass is 10.1. The topological polar surface area (TPSA) is 73.8 Å². The van der Waals surface area contributed by atoms with E-state index in [1.807, 2.05) is 0 Å². The van der Waals surface area contributed by atoms with Crippen molar-refractivity contribution in [1.82, 2.24) is 14.9 Å². The van der Waals surface area contributed by atoms with E-state index in [1.54, 1.807) is 48.7 Å². The highest BCUT2D eigenvalue weighted by Crippen LogP contribution is 2.27. The normalized spacial score (nSPS) is 16.8. The third-order valence-electron chi connectivity index (χ3n) is 3.89. The lowest BCUT2D eigenvalue weighted by Crippen LogP contribution is -2.31. The summed E-state index contributed by atoms with van der Waals surface area (Å²) in [5, 5.41) is 0. The number of ether oxygens (including phenoxy) is 3. The van der Waals surface area contributed by atoms with Crippen molar-refractivity contribution in [2.24, 2.45) is 0 Å². The standard InChI is InChI=1S/C17H19N3O4/c1-22-12-4-5-14(15(10-12)23-2)16(21)20-9-6-13(11-20)24-17-18-7-3-8-19-17/h3-5,7-8,10,13H,6,9,11H2,1-2H3/t13-/m0/s1. The Balaban J connectivity index is 1.68. The number of hydrogen-bond donors (Lipinski definition) is 0. The van der Waals surface area contributed by atoms with Gasteiger partial charge in [0.25, 0.3) is 5.91 Å². The Bertz CT molecular complexity index is 708. The first kappa shape index (κ1) is 16.0. The SMILES string of the molecule is COc1ccc(C(=O)N2CC[C@H](Oc3ncccn3)C2)c(OC)c1. The first-order valence-corrected chi connectivity index (χ1v) is 7.66. The maximum absolute atomic E-state index is 12.7. The number of rotatable bonds is 5. The second kappa shape index (κ2) is 7.16. The molecule has 126 valence electrons. The second-order valence-electron chi connectivity index (χ2n) is 5.38. The van der Waals surface area contributed by atoms with Gasteiger partial charge in [-0.25, -0.2) is 9.97 Å². The zero-order valence-corrected chi connectivity index (χ0v) is 13.6. The number of carbonyl (C=O) groups excluding carboxylic acids is 1. The molecule has 0 spiro atoms. The number of methoxy groups -OCH3 is 2. The van der Waals surface area contributed by atoms with E-state index in [1.165, 1.54) is 7.11 Å². The molecule has 1 atom stereocenters. The van der Waals surface area contributed by atoms with Gasteiger partial charge in [-0.1, -0.05) is 0 Å². The molecule has 1 saturated heterocycles. The molecule has 0 bridgehead atoms. The summed E-state index contributed by atoms with van der Waals surface area (Å²) in [7, 11) is 3.11. The number of nitrogens with zero attached hydrogens (tertiary/aromatic N) is 3. The van der Waals surface area contributed by atoms with E-state index in [-0.39, 0.29) is 12.0 Å². The van der Waals surface area contributed by atoms with Crippen molar-refractivity contribution >= 4 is 5.91 Å². The summed E-state index contributed by atoms with van der Waals surface area (Å²) < 4.78 is 16.2. The first-order chi connectivity index (χ1) is 11.7. The van der Waals surface area contributed by atoms with Crippen LogP contribution in [0.3, 0.4) is 0 Å². The van der Waals surface area contributed by atoms with Crippen molar-refractivity contribution in [2.75, 3.05) is 27.3 Å². The summed E-state index contributed by atoms with van der Waals surface area (Å²) in [6, 6.07) is 7.23. The largest absolute Gasteiger partial charge is 0.497 e. The number of likely N-dealkylation sites (tertiary alicyclic amines) is 1. The third-order valence-corrected chi connectivity index (χ3v) is 3.89. The Morgan fingerprint density at radius 3 is 2.71 bits per heavy atom. The van der Waals surface area contributed by atoms with E-state index >= 15 is 0 Å². The van der Waals surface area contributed by atoms with Gasteiger partial charge >= 0.3 is 6.01 Å². The van der Waals surface area contributed by atoms with Crippen molar-refractivity contribution in [3.63, 3.8) is 0 Å². The van der Waals surface area contributed by atoms with Crippen molar-refractivity contribution in [3.05, 3.63) is 42.2 Å². The number of carbonyl (C=O) groups is 1. The molecule has 1 amide bonds.